The number of benzene rings is 3. The third kappa shape index (κ3) is 6.46. The molecule has 3 aromatic carbocycles. The van der Waals surface area contributed by atoms with Crippen LogP contribution in [0.4, 0.5) is 35.0 Å². The molecule has 252 valence electrons. The molecule has 0 aromatic heterocycles. The summed E-state index contributed by atoms with van der Waals surface area (Å²) in [5, 5.41) is 9.20. The third-order valence-electron chi connectivity index (χ3n) is 9.40. The number of anilines is 3. The lowest BCUT2D eigenvalue weighted by Gasteiger charge is -2.44. The number of alkyl halides is 3. The summed E-state index contributed by atoms with van der Waals surface area (Å²) in [4.78, 5) is 33.8. The van der Waals surface area contributed by atoms with Crippen LogP contribution in [0.5, 0.6) is 0 Å². The van der Waals surface area contributed by atoms with Gasteiger partial charge in [0, 0.05) is 63.1 Å². The van der Waals surface area contributed by atoms with E-state index in [-0.39, 0.29) is 17.7 Å². The van der Waals surface area contributed by atoms with Crippen LogP contribution in [0.1, 0.15) is 51.3 Å². The van der Waals surface area contributed by atoms with Crippen LogP contribution in [0, 0.1) is 17.2 Å². The Kier molecular flexibility index (Phi) is 8.44. The minimum atomic E-state index is -4.73. The summed E-state index contributed by atoms with van der Waals surface area (Å²) in [5.41, 5.74) is 1.33. The predicted octanol–water partition coefficient (Wildman–Crippen LogP) is 7.19. The van der Waals surface area contributed by atoms with Crippen LogP contribution in [0.3, 0.4) is 0 Å². The van der Waals surface area contributed by atoms with Crippen LogP contribution < -0.4 is 9.80 Å². The second-order valence-corrected chi connectivity index (χ2v) is 14.4. The van der Waals surface area contributed by atoms with E-state index in [2.05, 4.69) is 34.1 Å². The fraction of sp³-hybridized carbons (Fsp3) is 0.432. The number of carbonyl (C=O) groups is 2. The van der Waals surface area contributed by atoms with E-state index in [1.165, 1.54) is 11.0 Å². The number of carbonyl (C=O) groups excluding carboxylic acids is 2. The number of nitrogens with zero attached hydrogens (tertiary/aromatic N) is 5. The minimum absolute atomic E-state index is 0.0752. The Labute approximate surface area is 279 Å². The van der Waals surface area contributed by atoms with Crippen LogP contribution in [0.25, 0.3) is 11.1 Å². The van der Waals surface area contributed by atoms with Gasteiger partial charge in [-0.15, -0.1) is 0 Å². The van der Waals surface area contributed by atoms with Crippen LogP contribution in [-0.4, -0.2) is 73.2 Å². The van der Waals surface area contributed by atoms with E-state index >= 15 is 0 Å². The van der Waals surface area contributed by atoms with Gasteiger partial charge in [0.25, 0.3) is 0 Å². The Morgan fingerprint density at radius 3 is 2.15 bits per heavy atom. The van der Waals surface area contributed by atoms with Gasteiger partial charge in [-0.05, 0) is 93.8 Å². The van der Waals surface area contributed by atoms with Crippen molar-refractivity contribution in [3.8, 4) is 17.2 Å². The molecule has 11 heteroatoms. The summed E-state index contributed by atoms with van der Waals surface area (Å²) in [5.74, 6) is 0.223. The summed E-state index contributed by atoms with van der Waals surface area (Å²) in [6, 6.07) is 18.9. The lowest BCUT2D eigenvalue weighted by Crippen LogP contribution is -2.55. The SMILES string of the molecule is CC(C)(C)OC(=O)N1CCN(CC2CN(c3ccc(-c4ccc5c(c4)C(C)(C)C(=O)N5c4ccc(C#N)c(C(F)(F)F)c4)cc3)C2)CC1. The molecule has 3 aliphatic rings. The predicted molar refractivity (Wildman–Crippen MR) is 178 cm³/mol. The van der Waals surface area contributed by atoms with Gasteiger partial charge in [-0.1, -0.05) is 18.2 Å². The maximum atomic E-state index is 13.7. The first-order chi connectivity index (χ1) is 22.5. The first-order valence-electron chi connectivity index (χ1n) is 16.2. The van der Waals surface area contributed by atoms with Crippen molar-refractivity contribution < 1.29 is 27.5 Å². The second kappa shape index (κ2) is 12.2. The first-order valence-corrected chi connectivity index (χ1v) is 16.2. The normalized spacial score (nSPS) is 18.4. The molecule has 0 spiro atoms. The molecule has 3 aromatic rings. The molecule has 48 heavy (non-hydrogen) atoms. The second-order valence-electron chi connectivity index (χ2n) is 14.4. The molecule has 0 bridgehead atoms. The lowest BCUT2D eigenvalue weighted by molar-refractivity contribution is -0.137. The van der Waals surface area contributed by atoms with Crippen LogP contribution in [-0.2, 0) is 21.1 Å². The quantitative estimate of drug-likeness (QED) is 0.289. The number of rotatable bonds is 5. The van der Waals surface area contributed by atoms with Crippen LogP contribution >= 0.6 is 0 Å². The van der Waals surface area contributed by atoms with Crippen molar-refractivity contribution in [2.45, 2.75) is 51.8 Å². The molecular weight excluding hydrogens is 619 g/mol. The summed E-state index contributed by atoms with van der Waals surface area (Å²) in [7, 11) is 0. The highest BCUT2D eigenvalue weighted by molar-refractivity contribution is 6.13. The molecule has 0 aliphatic carbocycles. The largest absolute Gasteiger partial charge is 0.444 e. The lowest BCUT2D eigenvalue weighted by atomic mass is 9.84. The van der Waals surface area contributed by atoms with Gasteiger partial charge in [0.05, 0.1) is 28.3 Å². The molecule has 2 fully saturated rings. The van der Waals surface area contributed by atoms with E-state index < -0.39 is 28.3 Å². The number of fused-ring (bicyclic) bond motifs is 1. The molecule has 0 atom stereocenters. The molecule has 2 amide bonds. The summed E-state index contributed by atoms with van der Waals surface area (Å²) < 4.78 is 46.6. The Morgan fingerprint density at radius 1 is 0.917 bits per heavy atom. The number of hydrogen-bond donors (Lipinski definition) is 0. The van der Waals surface area contributed by atoms with E-state index in [1.807, 2.05) is 32.9 Å². The van der Waals surface area contributed by atoms with E-state index in [1.54, 1.807) is 30.9 Å². The van der Waals surface area contributed by atoms with Gasteiger partial charge in [0.2, 0.25) is 5.91 Å². The zero-order valence-electron chi connectivity index (χ0n) is 27.9. The summed E-state index contributed by atoms with van der Waals surface area (Å²) in [6.07, 6.45) is -4.97. The maximum Gasteiger partial charge on any atom is 0.417 e. The van der Waals surface area contributed by atoms with Gasteiger partial charge < -0.3 is 14.5 Å². The van der Waals surface area contributed by atoms with Gasteiger partial charge in [0.1, 0.15) is 5.60 Å². The summed E-state index contributed by atoms with van der Waals surface area (Å²) >= 11 is 0. The van der Waals surface area contributed by atoms with E-state index in [4.69, 9.17) is 4.74 Å². The molecule has 0 radical (unpaired) electrons. The summed E-state index contributed by atoms with van der Waals surface area (Å²) in [6.45, 7) is 15.1. The first kappa shape index (κ1) is 33.3. The topological polar surface area (TPSA) is 80.1 Å². The van der Waals surface area contributed by atoms with Crippen molar-refractivity contribution in [2.24, 2.45) is 5.92 Å². The van der Waals surface area contributed by atoms with Crippen LogP contribution in [0.2, 0.25) is 0 Å². The maximum absolute atomic E-state index is 13.7. The number of nitriles is 1. The van der Waals surface area contributed by atoms with Gasteiger partial charge in [0.15, 0.2) is 0 Å². The Morgan fingerprint density at radius 2 is 1.54 bits per heavy atom. The fourth-order valence-corrected chi connectivity index (χ4v) is 6.74. The monoisotopic (exact) mass is 659 g/mol. The molecule has 2 saturated heterocycles. The zero-order chi connectivity index (χ0) is 34.6. The van der Waals surface area contributed by atoms with Crippen molar-refractivity contribution in [2.75, 3.05) is 55.6 Å². The zero-order valence-corrected chi connectivity index (χ0v) is 27.9. The van der Waals surface area contributed by atoms with Gasteiger partial charge in [-0.2, -0.15) is 18.4 Å². The molecule has 0 saturated carbocycles. The fourth-order valence-electron chi connectivity index (χ4n) is 6.74. The van der Waals surface area contributed by atoms with Gasteiger partial charge in [-0.3, -0.25) is 14.6 Å². The van der Waals surface area contributed by atoms with E-state index in [0.29, 0.717) is 24.7 Å². The van der Waals surface area contributed by atoms with E-state index in [0.717, 1.165) is 67.2 Å². The number of piperazine rings is 1. The van der Waals surface area contributed by atoms with Crippen molar-refractivity contribution in [1.82, 2.24) is 9.80 Å². The Bertz CT molecular complexity index is 1760. The van der Waals surface area contributed by atoms with Gasteiger partial charge in [-0.25, -0.2) is 4.79 Å². The number of halogens is 3. The van der Waals surface area contributed by atoms with Crippen molar-refractivity contribution >= 4 is 29.1 Å². The molecule has 0 unspecified atom stereocenters. The molecule has 3 heterocycles. The van der Waals surface area contributed by atoms with Crippen molar-refractivity contribution in [1.29, 1.82) is 5.26 Å². The highest BCUT2D eigenvalue weighted by Gasteiger charge is 2.45. The highest BCUT2D eigenvalue weighted by Crippen LogP contribution is 2.48. The Balaban J connectivity index is 1.09. The average molecular weight is 660 g/mol. The number of ether oxygens (including phenoxy) is 1. The smallest absolute Gasteiger partial charge is 0.417 e. The number of hydrogen-bond acceptors (Lipinski definition) is 6. The van der Waals surface area contributed by atoms with E-state index in [9.17, 15) is 28.0 Å². The highest BCUT2D eigenvalue weighted by atomic mass is 19.4. The molecule has 0 N–H and O–H groups in total. The van der Waals surface area contributed by atoms with Crippen molar-refractivity contribution in [3.05, 3.63) is 77.4 Å². The van der Waals surface area contributed by atoms with Gasteiger partial charge >= 0.3 is 12.3 Å². The molecule has 8 nitrogen and oxygen atoms in total. The Hall–Kier alpha value is -4.56. The molecular formula is C37H40F3N5O3. The third-order valence-corrected chi connectivity index (χ3v) is 9.40. The molecule has 3 aliphatic heterocycles. The van der Waals surface area contributed by atoms with Crippen molar-refractivity contribution in [3.63, 3.8) is 0 Å². The van der Waals surface area contributed by atoms with Crippen LogP contribution in [0.15, 0.2) is 60.7 Å². The molecule has 6 rings (SSSR count). The average Bonchev–Trinajstić information content (AvgIpc) is 3.21. The minimum Gasteiger partial charge on any atom is -0.444 e. The standard InChI is InChI=1S/C37H40F3N5O3/c1-35(2,3)48-34(47)43-16-14-42(15-17-43)21-24-22-44(23-24)28-10-6-25(7-11-28)26-9-13-32-31(18-26)36(4,5)33(46)45(32)29-12-8-27(20-41)30(19-29)37(38,39)40/h6-13,18-19,24H,14-17,21-23H2,1-5H3. The number of amides is 2.